The summed E-state index contributed by atoms with van der Waals surface area (Å²) in [5.41, 5.74) is 7.76. The molecule has 7 nitrogen and oxygen atoms in total. The fraction of sp³-hybridized carbons (Fsp3) is 0.100. The third kappa shape index (κ3) is 3.47. The van der Waals surface area contributed by atoms with E-state index < -0.39 is 9.84 Å². The van der Waals surface area contributed by atoms with Gasteiger partial charge in [0, 0.05) is 18.8 Å². The van der Waals surface area contributed by atoms with Crippen LogP contribution in [0.3, 0.4) is 0 Å². The molecule has 0 saturated heterocycles. The molecule has 3 N–H and O–H groups in total. The summed E-state index contributed by atoms with van der Waals surface area (Å²) in [5.74, 6) is 0.437. The Morgan fingerprint density at radius 2 is 1.57 bits per heavy atom. The first-order valence-electron chi connectivity index (χ1n) is 8.75. The molecule has 0 aliphatic carbocycles. The lowest BCUT2D eigenvalue weighted by Gasteiger charge is -2.13. The van der Waals surface area contributed by atoms with Gasteiger partial charge in [0.15, 0.2) is 5.65 Å². The van der Waals surface area contributed by atoms with Gasteiger partial charge in [-0.2, -0.15) is 0 Å². The quantitative estimate of drug-likeness (QED) is 0.522. The minimum Gasteiger partial charge on any atom is -0.352 e. The van der Waals surface area contributed by atoms with Crippen LogP contribution in [0.5, 0.6) is 0 Å². The van der Waals surface area contributed by atoms with Crippen LogP contribution in [0.25, 0.3) is 5.65 Å². The van der Waals surface area contributed by atoms with Gasteiger partial charge in [0.05, 0.1) is 9.79 Å². The van der Waals surface area contributed by atoms with E-state index in [9.17, 15) is 8.42 Å². The SMILES string of the molecule is N[C@@H](CNc1nnc2ccc(S(=O)(=O)c3ccccc3)cn12)c1ccccc1. The average molecular weight is 393 g/mol. The van der Waals surface area contributed by atoms with E-state index in [1.54, 1.807) is 40.8 Å². The van der Waals surface area contributed by atoms with Crippen LogP contribution in [0, 0.1) is 0 Å². The van der Waals surface area contributed by atoms with Gasteiger partial charge in [-0.25, -0.2) is 8.42 Å². The second kappa shape index (κ2) is 7.41. The number of aromatic nitrogens is 3. The Hall–Kier alpha value is -3.23. The van der Waals surface area contributed by atoms with Gasteiger partial charge in [0.25, 0.3) is 0 Å². The number of pyridine rings is 1. The number of nitrogens with two attached hydrogens (primary N) is 1. The van der Waals surface area contributed by atoms with Crippen molar-refractivity contribution in [2.24, 2.45) is 5.73 Å². The van der Waals surface area contributed by atoms with Crippen molar-refractivity contribution >= 4 is 21.4 Å². The van der Waals surface area contributed by atoms with Crippen LogP contribution in [-0.4, -0.2) is 29.6 Å². The molecule has 0 bridgehead atoms. The molecule has 2 heterocycles. The van der Waals surface area contributed by atoms with Gasteiger partial charge in [0.1, 0.15) is 0 Å². The van der Waals surface area contributed by atoms with E-state index in [1.165, 1.54) is 12.3 Å². The fourth-order valence-electron chi connectivity index (χ4n) is 2.91. The molecule has 0 radical (unpaired) electrons. The first kappa shape index (κ1) is 18.1. The smallest absolute Gasteiger partial charge is 0.229 e. The molecule has 0 amide bonds. The van der Waals surface area contributed by atoms with Gasteiger partial charge in [-0.05, 0) is 29.8 Å². The van der Waals surface area contributed by atoms with Crippen LogP contribution in [0.1, 0.15) is 11.6 Å². The maximum atomic E-state index is 12.9. The summed E-state index contributed by atoms with van der Waals surface area (Å²) in [7, 11) is -3.63. The van der Waals surface area contributed by atoms with Crippen molar-refractivity contribution in [3.63, 3.8) is 0 Å². The molecule has 142 valence electrons. The Kier molecular flexibility index (Phi) is 4.81. The van der Waals surface area contributed by atoms with Gasteiger partial charge in [0.2, 0.25) is 15.8 Å². The zero-order valence-corrected chi connectivity index (χ0v) is 15.8. The number of fused-ring (bicyclic) bond motifs is 1. The Balaban J connectivity index is 1.62. The lowest BCUT2D eigenvalue weighted by atomic mass is 10.1. The van der Waals surface area contributed by atoms with Crippen molar-refractivity contribution in [2.45, 2.75) is 15.8 Å². The Morgan fingerprint density at radius 3 is 2.29 bits per heavy atom. The van der Waals surface area contributed by atoms with Crippen molar-refractivity contribution < 1.29 is 8.42 Å². The molecule has 28 heavy (non-hydrogen) atoms. The third-order valence-electron chi connectivity index (χ3n) is 4.45. The Labute approximate surface area is 162 Å². The summed E-state index contributed by atoms with van der Waals surface area (Å²) in [6.07, 6.45) is 1.52. The molecule has 0 unspecified atom stereocenters. The summed E-state index contributed by atoms with van der Waals surface area (Å²) in [6.45, 7) is 0.431. The summed E-state index contributed by atoms with van der Waals surface area (Å²) in [5, 5.41) is 11.3. The lowest BCUT2D eigenvalue weighted by molar-refractivity contribution is 0.595. The van der Waals surface area contributed by atoms with E-state index >= 15 is 0 Å². The highest BCUT2D eigenvalue weighted by molar-refractivity contribution is 7.91. The van der Waals surface area contributed by atoms with Crippen LogP contribution in [0.15, 0.2) is 88.8 Å². The monoisotopic (exact) mass is 393 g/mol. The van der Waals surface area contributed by atoms with Crippen molar-refractivity contribution in [1.82, 2.24) is 14.6 Å². The van der Waals surface area contributed by atoms with E-state index in [0.29, 0.717) is 18.1 Å². The standard InChI is InChI=1S/C20H19N5O2S/c21-18(15-7-3-1-4-8-15)13-22-20-24-23-19-12-11-17(14-25(19)20)28(26,27)16-9-5-2-6-10-16/h1-12,14,18H,13,21H2,(H,22,24)/t18-/m0/s1. The highest BCUT2D eigenvalue weighted by Crippen LogP contribution is 2.22. The molecule has 0 aliphatic rings. The number of nitrogens with one attached hydrogen (secondary N) is 1. The second-order valence-corrected chi connectivity index (χ2v) is 8.28. The molecule has 8 heteroatoms. The number of anilines is 1. The van der Waals surface area contributed by atoms with Crippen molar-refractivity contribution in [3.8, 4) is 0 Å². The molecule has 2 aromatic carbocycles. The average Bonchev–Trinajstić information content (AvgIpc) is 3.15. The maximum Gasteiger partial charge on any atom is 0.229 e. The maximum absolute atomic E-state index is 12.9. The van der Waals surface area contributed by atoms with Crippen LogP contribution < -0.4 is 11.1 Å². The zero-order chi connectivity index (χ0) is 19.6. The lowest BCUT2D eigenvalue weighted by Crippen LogP contribution is -2.21. The highest BCUT2D eigenvalue weighted by atomic mass is 32.2. The Bertz CT molecular complexity index is 1190. The van der Waals surface area contributed by atoms with Gasteiger partial charge in [-0.3, -0.25) is 4.40 Å². The Morgan fingerprint density at radius 1 is 0.893 bits per heavy atom. The van der Waals surface area contributed by atoms with E-state index in [1.807, 2.05) is 30.3 Å². The molecular weight excluding hydrogens is 374 g/mol. The van der Waals surface area contributed by atoms with Crippen molar-refractivity contribution in [2.75, 3.05) is 11.9 Å². The zero-order valence-electron chi connectivity index (χ0n) is 14.9. The number of hydrogen-bond acceptors (Lipinski definition) is 6. The van der Waals surface area contributed by atoms with Crippen LogP contribution in [0.2, 0.25) is 0 Å². The largest absolute Gasteiger partial charge is 0.352 e. The van der Waals surface area contributed by atoms with Gasteiger partial charge >= 0.3 is 0 Å². The van der Waals surface area contributed by atoms with Gasteiger partial charge in [-0.15, -0.1) is 10.2 Å². The van der Waals surface area contributed by atoms with Crippen LogP contribution in [-0.2, 0) is 9.84 Å². The predicted octanol–water partition coefficient (Wildman–Crippen LogP) is 2.67. The topological polar surface area (TPSA) is 102 Å². The summed E-state index contributed by atoms with van der Waals surface area (Å²) in [6, 6.07) is 21.0. The van der Waals surface area contributed by atoms with E-state index in [0.717, 1.165) is 5.56 Å². The van der Waals surface area contributed by atoms with Crippen molar-refractivity contribution in [3.05, 3.63) is 84.6 Å². The molecule has 0 aliphatic heterocycles. The van der Waals surface area contributed by atoms with E-state index in [-0.39, 0.29) is 15.8 Å². The summed E-state index contributed by atoms with van der Waals surface area (Å²) in [4.78, 5) is 0.407. The number of rotatable bonds is 6. The summed E-state index contributed by atoms with van der Waals surface area (Å²) < 4.78 is 27.4. The van der Waals surface area contributed by atoms with Gasteiger partial charge < -0.3 is 11.1 Å². The first-order valence-corrected chi connectivity index (χ1v) is 10.2. The van der Waals surface area contributed by atoms with Gasteiger partial charge in [-0.1, -0.05) is 48.5 Å². The fourth-order valence-corrected chi connectivity index (χ4v) is 4.18. The van der Waals surface area contributed by atoms with Crippen LogP contribution >= 0.6 is 0 Å². The molecule has 4 aromatic rings. The first-order chi connectivity index (χ1) is 13.6. The summed E-state index contributed by atoms with van der Waals surface area (Å²) >= 11 is 0. The van der Waals surface area contributed by atoms with Crippen molar-refractivity contribution in [1.29, 1.82) is 0 Å². The van der Waals surface area contributed by atoms with E-state index in [4.69, 9.17) is 5.73 Å². The third-order valence-corrected chi connectivity index (χ3v) is 6.20. The van der Waals surface area contributed by atoms with E-state index in [2.05, 4.69) is 15.5 Å². The molecule has 0 saturated carbocycles. The molecular formula is C20H19N5O2S. The minimum atomic E-state index is -3.63. The molecule has 0 fully saturated rings. The molecule has 2 aromatic heterocycles. The molecule has 1 atom stereocenters. The van der Waals surface area contributed by atoms with Crippen LogP contribution in [0.4, 0.5) is 5.95 Å². The second-order valence-electron chi connectivity index (χ2n) is 6.33. The number of sulfone groups is 1. The normalized spacial score (nSPS) is 12.8. The number of benzene rings is 2. The number of hydrogen-bond donors (Lipinski definition) is 2. The molecule has 0 spiro atoms. The predicted molar refractivity (Wildman–Crippen MR) is 107 cm³/mol. The molecule has 4 rings (SSSR count). The minimum absolute atomic E-state index is 0.168. The number of nitrogens with zero attached hydrogens (tertiary/aromatic N) is 3. The highest BCUT2D eigenvalue weighted by Gasteiger charge is 2.19.